The maximum Gasteiger partial charge on any atom is 0.0358 e. The number of thiophene rings is 1. The summed E-state index contributed by atoms with van der Waals surface area (Å²) in [6.07, 6.45) is 0. The molecule has 0 aliphatic heterocycles. The molecule has 0 unspecified atom stereocenters. The summed E-state index contributed by atoms with van der Waals surface area (Å²) in [5.41, 5.74) is 8.87. The van der Waals surface area contributed by atoms with Gasteiger partial charge in [0, 0.05) is 20.2 Å². The van der Waals surface area contributed by atoms with Crippen LogP contribution in [0.3, 0.4) is 0 Å². The van der Waals surface area contributed by atoms with Crippen molar-refractivity contribution in [2.24, 2.45) is 0 Å². The van der Waals surface area contributed by atoms with Gasteiger partial charge in [-0.05, 0) is 70.1 Å². The van der Waals surface area contributed by atoms with Crippen LogP contribution in [0, 0.1) is 6.92 Å². The second-order valence-corrected chi connectivity index (χ2v) is 9.34. The zero-order valence-corrected chi connectivity index (χ0v) is 18.7. The van der Waals surface area contributed by atoms with E-state index in [1.54, 1.807) is 0 Å². The molecule has 1 aromatic heterocycles. The van der Waals surface area contributed by atoms with E-state index in [0.717, 1.165) is 0 Å². The van der Waals surface area contributed by atoms with Crippen LogP contribution in [-0.2, 0) is 0 Å². The van der Waals surface area contributed by atoms with Gasteiger partial charge in [0.1, 0.15) is 0 Å². The lowest BCUT2D eigenvalue weighted by Gasteiger charge is -2.12. The minimum atomic E-state index is 1.24. The summed E-state index contributed by atoms with van der Waals surface area (Å²) >= 11 is 1.88. The fourth-order valence-corrected chi connectivity index (χ4v) is 5.82. The van der Waals surface area contributed by atoms with Gasteiger partial charge in [-0.1, -0.05) is 91.0 Å². The number of benzene rings is 5. The Bertz CT molecular complexity index is 1570. The lowest BCUT2D eigenvalue weighted by molar-refractivity contribution is 1.55. The summed E-state index contributed by atoms with van der Waals surface area (Å²) in [6.45, 7) is 2.21. The van der Waals surface area contributed by atoms with Crippen molar-refractivity contribution in [3.63, 3.8) is 0 Å². The van der Waals surface area contributed by atoms with Crippen LogP contribution in [0.5, 0.6) is 0 Å². The van der Waals surface area contributed by atoms with Crippen LogP contribution < -0.4 is 0 Å². The molecule has 1 heteroatoms. The molecule has 0 bridgehead atoms. The summed E-state index contributed by atoms with van der Waals surface area (Å²) in [7, 11) is 0. The van der Waals surface area contributed by atoms with Crippen LogP contribution in [0.2, 0.25) is 0 Å². The zero-order valence-electron chi connectivity index (χ0n) is 17.9. The summed E-state index contributed by atoms with van der Waals surface area (Å²) in [4.78, 5) is 0. The molecule has 1 heterocycles. The number of aryl methyl sites for hydroxylation is 1. The van der Waals surface area contributed by atoms with Crippen molar-refractivity contribution in [2.45, 2.75) is 6.92 Å². The minimum Gasteiger partial charge on any atom is -0.135 e. The van der Waals surface area contributed by atoms with Gasteiger partial charge in [-0.15, -0.1) is 11.3 Å². The van der Waals surface area contributed by atoms with Crippen LogP contribution in [-0.4, -0.2) is 0 Å². The second-order valence-electron chi connectivity index (χ2n) is 8.25. The van der Waals surface area contributed by atoms with E-state index < -0.39 is 0 Å². The molecule has 5 aromatic carbocycles. The average Bonchev–Trinajstić information content (AvgIpc) is 3.24. The normalized spacial score (nSPS) is 11.3. The molecule has 0 N–H and O–H groups in total. The van der Waals surface area contributed by atoms with Crippen LogP contribution >= 0.6 is 11.3 Å². The maximum atomic E-state index is 2.36. The van der Waals surface area contributed by atoms with Gasteiger partial charge in [0.2, 0.25) is 0 Å². The molecule has 0 amide bonds. The minimum absolute atomic E-state index is 1.24. The van der Waals surface area contributed by atoms with Crippen LogP contribution in [0.4, 0.5) is 0 Å². The predicted molar refractivity (Wildman–Crippen MR) is 140 cm³/mol. The highest BCUT2D eigenvalue weighted by atomic mass is 32.1. The highest BCUT2D eigenvalue weighted by molar-refractivity contribution is 7.25. The fourth-order valence-electron chi connectivity index (χ4n) is 4.65. The third-order valence-electron chi connectivity index (χ3n) is 6.22. The Hall–Kier alpha value is -3.68. The molecule has 0 saturated carbocycles. The summed E-state index contributed by atoms with van der Waals surface area (Å²) in [5.74, 6) is 0. The highest BCUT2D eigenvalue weighted by Gasteiger charge is 2.11. The lowest BCUT2D eigenvalue weighted by Crippen LogP contribution is -1.86. The first kappa shape index (κ1) is 19.0. The molecule has 0 saturated heterocycles. The number of rotatable bonds is 3. The predicted octanol–water partition coefficient (Wildman–Crippen LogP) is 9.36. The van der Waals surface area contributed by atoms with Crippen molar-refractivity contribution in [3.05, 3.63) is 121 Å². The van der Waals surface area contributed by atoms with Crippen LogP contribution in [0.25, 0.3) is 53.6 Å². The van der Waals surface area contributed by atoms with Gasteiger partial charge in [0.15, 0.2) is 0 Å². The first-order valence-electron chi connectivity index (χ1n) is 10.9. The second kappa shape index (κ2) is 7.78. The van der Waals surface area contributed by atoms with Gasteiger partial charge < -0.3 is 0 Å². The highest BCUT2D eigenvalue weighted by Crippen LogP contribution is 2.39. The smallest absolute Gasteiger partial charge is 0.0358 e. The fraction of sp³-hybridized carbons (Fsp3) is 0.0323. The Morgan fingerprint density at radius 1 is 0.469 bits per heavy atom. The van der Waals surface area contributed by atoms with Crippen molar-refractivity contribution in [1.82, 2.24) is 0 Å². The molecule has 0 aliphatic carbocycles. The van der Waals surface area contributed by atoms with Gasteiger partial charge in [-0.25, -0.2) is 0 Å². The molecule has 0 atom stereocenters. The first-order valence-corrected chi connectivity index (χ1v) is 11.8. The lowest BCUT2D eigenvalue weighted by atomic mass is 9.92. The standard InChI is InChI=1S/C31H22S/c1-21-9-7-16-30-31(21)28-20-24(17-18-29(28)32-30)23-12-8-13-25(19-23)27-15-6-5-14-26(27)22-10-3-2-4-11-22/h2-20H,1H3. The molecule has 0 aliphatic rings. The van der Waals surface area contributed by atoms with E-state index in [1.165, 1.54) is 59.1 Å². The molecule has 0 nitrogen and oxygen atoms in total. The Morgan fingerprint density at radius 2 is 1.12 bits per heavy atom. The first-order chi connectivity index (χ1) is 15.8. The third kappa shape index (κ3) is 3.23. The van der Waals surface area contributed by atoms with E-state index in [1.807, 2.05) is 11.3 Å². The molecule has 6 rings (SSSR count). The number of hydrogen-bond donors (Lipinski definition) is 0. The van der Waals surface area contributed by atoms with E-state index in [9.17, 15) is 0 Å². The molecule has 0 spiro atoms. The third-order valence-corrected chi connectivity index (χ3v) is 7.36. The number of hydrogen-bond acceptors (Lipinski definition) is 1. The van der Waals surface area contributed by atoms with Gasteiger partial charge in [0.05, 0.1) is 0 Å². The summed E-state index contributed by atoms with van der Waals surface area (Å²) in [6, 6.07) is 41.7. The molecular formula is C31H22S. The van der Waals surface area contributed by atoms with Crippen LogP contribution in [0.1, 0.15) is 5.56 Å². The van der Waals surface area contributed by atoms with Crippen molar-refractivity contribution >= 4 is 31.5 Å². The Kier molecular flexibility index (Phi) is 4.63. The zero-order chi connectivity index (χ0) is 21.5. The van der Waals surface area contributed by atoms with E-state index in [2.05, 4.69) is 122 Å². The van der Waals surface area contributed by atoms with Crippen molar-refractivity contribution < 1.29 is 0 Å². The van der Waals surface area contributed by atoms with E-state index >= 15 is 0 Å². The topological polar surface area (TPSA) is 0 Å². The molecular weight excluding hydrogens is 404 g/mol. The van der Waals surface area contributed by atoms with Crippen molar-refractivity contribution in [2.75, 3.05) is 0 Å². The largest absolute Gasteiger partial charge is 0.135 e. The van der Waals surface area contributed by atoms with Crippen molar-refractivity contribution in [3.8, 4) is 33.4 Å². The summed E-state index contributed by atoms with van der Waals surface area (Å²) in [5, 5.41) is 2.75. The van der Waals surface area contributed by atoms with Gasteiger partial charge in [0.25, 0.3) is 0 Å². The van der Waals surface area contributed by atoms with E-state index in [-0.39, 0.29) is 0 Å². The quantitative estimate of drug-likeness (QED) is 0.264. The van der Waals surface area contributed by atoms with Crippen molar-refractivity contribution in [1.29, 1.82) is 0 Å². The van der Waals surface area contributed by atoms with E-state index in [4.69, 9.17) is 0 Å². The average molecular weight is 427 g/mol. The Morgan fingerprint density at radius 3 is 1.97 bits per heavy atom. The summed E-state index contributed by atoms with van der Waals surface area (Å²) < 4.78 is 2.71. The molecule has 0 fully saturated rings. The number of fused-ring (bicyclic) bond motifs is 3. The van der Waals surface area contributed by atoms with Crippen LogP contribution in [0.15, 0.2) is 115 Å². The molecule has 152 valence electrons. The van der Waals surface area contributed by atoms with Gasteiger partial charge in [-0.3, -0.25) is 0 Å². The Labute approximate surface area is 192 Å². The SMILES string of the molecule is Cc1cccc2sc3ccc(-c4cccc(-c5ccccc5-c5ccccc5)c4)cc3c12. The molecule has 0 radical (unpaired) electrons. The Balaban J connectivity index is 1.49. The molecule has 32 heavy (non-hydrogen) atoms. The maximum absolute atomic E-state index is 2.36. The van der Waals surface area contributed by atoms with Gasteiger partial charge in [-0.2, -0.15) is 0 Å². The van der Waals surface area contributed by atoms with Gasteiger partial charge >= 0.3 is 0 Å². The van der Waals surface area contributed by atoms with E-state index in [0.29, 0.717) is 0 Å². The molecule has 6 aromatic rings. The monoisotopic (exact) mass is 426 g/mol.